The van der Waals surface area contributed by atoms with Crippen LogP contribution in [0.25, 0.3) is 0 Å². The van der Waals surface area contributed by atoms with E-state index in [2.05, 4.69) is 11.8 Å². The van der Waals surface area contributed by atoms with E-state index in [1.807, 2.05) is 20.8 Å². The first-order valence-electron chi connectivity index (χ1n) is 15.4. The van der Waals surface area contributed by atoms with Crippen molar-refractivity contribution in [3.05, 3.63) is 0 Å². The number of nitrogens with zero attached hydrogens (tertiary/aromatic N) is 2. The highest BCUT2D eigenvalue weighted by Crippen LogP contribution is 2.21. The lowest BCUT2D eigenvalue weighted by atomic mass is 10.0. The third-order valence-corrected chi connectivity index (χ3v) is 10.1. The van der Waals surface area contributed by atoms with E-state index >= 15 is 0 Å². The molecule has 0 fully saturated rings. The lowest BCUT2D eigenvalue weighted by Crippen LogP contribution is -2.46. The van der Waals surface area contributed by atoms with E-state index in [9.17, 15) is 0 Å². The Morgan fingerprint density at radius 1 is 0.629 bits per heavy atom. The Bertz CT molecular complexity index is 487. The van der Waals surface area contributed by atoms with Crippen molar-refractivity contribution >= 4 is 14.6 Å². The van der Waals surface area contributed by atoms with E-state index in [0.717, 1.165) is 32.1 Å². The maximum Gasteiger partial charge on any atom is 0.501 e. The van der Waals surface area contributed by atoms with Gasteiger partial charge in [0.05, 0.1) is 12.4 Å². The molecule has 0 saturated heterocycles. The molecule has 6 heteroatoms. The maximum absolute atomic E-state index is 6.02. The van der Waals surface area contributed by atoms with Crippen LogP contribution in [0, 0.1) is 0 Å². The number of amidine groups is 1. The number of unbranched alkanes of at least 4 members (excludes halogenated alkanes) is 15. The van der Waals surface area contributed by atoms with E-state index in [1.54, 1.807) is 0 Å². The fraction of sp³-hybridized carbons (Fsp3) is 0.966. The normalized spacial score (nSPS) is 14.2. The van der Waals surface area contributed by atoms with Gasteiger partial charge in [0.25, 0.3) is 0 Å². The van der Waals surface area contributed by atoms with Gasteiger partial charge in [-0.3, -0.25) is 4.99 Å². The zero-order valence-corrected chi connectivity index (χ0v) is 25.1. The summed E-state index contributed by atoms with van der Waals surface area (Å²) in [6.45, 7) is 13.4. The topological polar surface area (TPSA) is 43.3 Å². The molecule has 0 atom stereocenters. The molecular formula is C29H60N2O3Si. The van der Waals surface area contributed by atoms with Crippen LogP contribution in [0.3, 0.4) is 0 Å². The highest BCUT2D eigenvalue weighted by atomic mass is 28.4. The summed E-state index contributed by atoms with van der Waals surface area (Å²) in [6, 6.07) is 0.830. The molecule has 1 aliphatic heterocycles. The summed E-state index contributed by atoms with van der Waals surface area (Å²) in [6.07, 6.45) is 23.6. The van der Waals surface area contributed by atoms with Crippen LogP contribution in [-0.4, -0.2) is 59.0 Å². The Balaban J connectivity index is 2.04. The van der Waals surface area contributed by atoms with Crippen LogP contribution in [0.5, 0.6) is 0 Å². The summed E-state index contributed by atoms with van der Waals surface area (Å²) in [5.41, 5.74) is 0. The Morgan fingerprint density at radius 2 is 1.06 bits per heavy atom. The molecule has 0 spiro atoms. The van der Waals surface area contributed by atoms with Crippen LogP contribution in [0.4, 0.5) is 0 Å². The van der Waals surface area contributed by atoms with Gasteiger partial charge in [-0.1, -0.05) is 103 Å². The molecule has 0 saturated carbocycles. The second-order valence-electron chi connectivity index (χ2n) is 10.1. The van der Waals surface area contributed by atoms with E-state index in [1.165, 1.54) is 109 Å². The summed E-state index contributed by atoms with van der Waals surface area (Å²) >= 11 is 0. The SMILES string of the molecule is CCCCCCCCCCCCCCCCCCN1CCN=C1CC[Si](OCC)(OCC)OCC. The van der Waals surface area contributed by atoms with E-state index in [0.29, 0.717) is 19.8 Å². The molecule has 1 aliphatic rings. The fourth-order valence-electron chi connectivity index (χ4n) is 5.12. The second-order valence-corrected chi connectivity index (χ2v) is 12.8. The number of rotatable bonds is 26. The number of hydrogen-bond donors (Lipinski definition) is 0. The average molecular weight is 513 g/mol. The molecule has 35 heavy (non-hydrogen) atoms. The first kappa shape index (κ1) is 32.6. The molecule has 0 aromatic heterocycles. The van der Waals surface area contributed by atoms with Gasteiger partial charge in [0.1, 0.15) is 0 Å². The van der Waals surface area contributed by atoms with Gasteiger partial charge < -0.3 is 18.2 Å². The van der Waals surface area contributed by atoms with Gasteiger partial charge in [0.15, 0.2) is 0 Å². The summed E-state index contributed by atoms with van der Waals surface area (Å²) in [7, 11) is -2.58. The second kappa shape index (κ2) is 22.7. The third-order valence-electron chi connectivity index (χ3n) is 7.06. The monoisotopic (exact) mass is 512 g/mol. The van der Waals surface area contributed by atoms with Gasteiger partial charge in [-0.05, 0) is 27.2 Å². The summed E-state index contributed by atoms with van der Waals surface area (Å²) in [5.74, 6) is 1.24. The van der Waals surface area contributed by atoms with Gasteiger partial charge in [-0.15, -0.1) is 0 Å². The quantitative estimate of drug-likeness (QED) is 0.0862. The van der Waals surface area contributed by atoms with E-state index < -0.39 is 8.80 Å². The minimum atomic E-state index is -2.58. The van der Waals surface area contributed by atoms with Gasteiger partial charge in [-0.2, -0.15) is 0 Å². The highest BCUT2D eigenvalue weighted by molar-refractivity contribution is 6.61. The minimum Gasteiger partial charge on any atom is -0.374 e. The average Bonchev–Trinajstić information content (AvgIpc) is 3.30. The molecule has 0 radical (unpaired) electrons. The molecule has 0 aliphatic carbocycles. The molecule has 208 valence electrons. The lowest BCUT2D eigenvalue weighted by Gasteiger charge is -2.29. The fourth-order valence-corrected chi connectivity index (χ4v) is 7.66. The van der Waals surface area contributed by atoms with Crippen molar-refractivity contribution in [1.82, 2.24) is 4.90 Å². The van der Waals surface area contributed by atoms with Gasteiger partial charge >= 0.3 is 8.80 Å². The lowest BCUT2D eigenvalue weighted by molar-refractivity contribution is 0.0717. The van der Waals surface area contributed by atoms with Crippen molar-refractivity contribution in [3.63, 3.8) is 0 Å². The summed E-state index contributed by atoms with van der Waals surface area (Å²) < 4.78 is 18.1. The van der Waals surface area contributed by atoms with Crippen molar-refractivity contribution in [2.45, 2.75) is 143 Å². The van der Waals surface area contributed by atoms with Gasteiger partial charge in [0.2, 0.25) is 0 Å². The van der Waals surface area contributed by atoms with Gasteiger partial charge in [0, 0.05) is 45.4 Å². The first-order chi connectivity index (χ1) is 17.2. The van der Waals surface area contributed by atoms with E-state index in [-0.39, 0.29) is 0 Å². The predicted molar refractivity (Wildman–Crippen MR) is 153 cm³/mol. The van der Waals surface area contributed by atoms with Gasteiger partial charge in [-0.25, -0.2) is 0 Å². The molecule has 0 N–H and O–H groups in total. The molecule has 0 aromatic rings. The molecule has 0 bridgehead atoms. The Kier molecular flexibility index (Phi) is 21.2. The molecule has 0 aromatic carbocycles. The van der Waals surface area contributed by atoms with Crippen molar-refractivity contribution < 1.29 is 13.3 Å². The van der Waals surface area contributed by atoms with Crippen molar-refractivity contribution in [2.75, 3.05) is 39.5 Å². The molecule has 0 unspecified atom stereocenters. The predicted octanol–water partition coefficient (Wildman–Crippen LogP) is 8.40. The van der Waals surface area contributed by atoms with Crippen molar-refractivity contribution in [2.24, 2.45) is 4.99 Å². The largest absolute Gasteiger partial charge is 0.501 e. The smallest absolute Gasteiger partial charge is 0.374 e. The zero-order valence-electron chi connectivity index (χ0n) is 24.1. The molecule has 1 rings (SSSR count). The Hall–Kier alpha value is -0.433. The first-order valence-corrected chi connectivity index (χ1v) is 17.3. The van der Waals surface area contributed by atoms with Crippen molar-refractivity contribution in [1.29, 1.82) is 0 Å². The van der Waals surface area contributed by atoms with Crippen LogP contribution in [0.15, 0.2) is 4.99 Å². The maximum atomic E-state index is 6.02. The van der Waals surface area contributed by atoms with Crippen LogP contribution in [0.2, 0.25) is 6.04 Å². The van der Waals surface area contributed by atoms with E-state index in [4.69, 9.17) is 18.3 Å². The van der Waals surface area contributed by atoms with Crippen molar-refractivity contribution in [3.8, 4) is 0 Å². The van der Waals surface area contributed by atoms with Crippen LogP contribution >= 0.6 is 0 Å². The summed E-state index contributed by atoms with van der Waals surface area (Å²) in [4.78, 5) is 7.28. The highest BCUT2D eigenvalue weighted by Gasteiger charge is 2.40. The summed E-state index contributed by atoms with van der Waals surface area (Å²) in [5, 5.41) is 0. The molecule has 0 amide bonds. The van der Waals surface area contributed by atoms with Crippen LogP contribution < -0.4 is 0 Å². The molecular weight excluding hydrogens is 452 g/mol. The third kappa shape index (κ3) is 16.1. The van der Waals surface area contributed by atoms with Crippen LogP contribution in [-0.2, 0) is 13.3 Å². The van der Waals surface area contributed by atoms with Crippen LogP contribution in [0.1, 0.15) is 137 Å². The molecule has 1 heterocycles. The number of hydrogen-bond acceptors (Lipinski definition) is 5. The minimum absolute atomic E-state index is 0.640. The Morgan fingerprint density at radius 3 is 1.49 bits per heavy atom. The molecule has 5 nitrogen and oxygen atoms in total. The standard InChI is InChI=1S/C29H60N2O3Si/c1-5-9-10-11-12-13-14-15-16-17-18-19-20-21-22-23-26-31-27-25-30-29(31)24-28-35(32-6-2,33-7-3)34-8-4/h5-28H2,1-4H3. The zero-order chi connectivity index (χ0) is 25.5. The number of aliphatic imine (C=N–C) groups is 1. The Labute approximate surface area is 220 Å².